The molecule has 1 aromatic heterocycles. The summed E-state index contributed by atoms with van der Waals surface area (Å²) < 4.78 is 0. The molecule has 0 saturated carbocycles. The van der Waals surface area contributed by atoms with Crippen LogP contribution in [0.2, 0.25) is 5.02 Å². The van der Waals surface area contributed by atoms with Crippen molar-refractivity contribution in [2.45, 2.75) is 19.8 Å². The molecule has 0 aliphatic carbocycles. The molecule has 0 aliphatic rings. The van der Waals surface area contributed by atoms with Crippen LogP contribution in [0, 0.1) is 0 Å². The second-order valence-corrected chi connectivity index (χ2v) is 4.16. The molecule has 0 radical (unpaired) electrons. The van der Waals surface area contributed by atoms with Crippen molar-refractivity contribution in [1.82, 2.24) is 4.98 Å². The van der Waals surface area contributed by atoms with Crippen LogP contribution in [0.25, 0.3) is 10.9 Å². The summed E-state index contributed by atoms with van der Waals surface area (Å²) in [5.74, 6) is 0.384. The Hall–Kier alpha value is -1.15. The maximum atomic E-state index is 6.25. The standard InChI is InChI=1S/C11H13ClN2/c1-6(2)11-10(12)9-7(13)4-3-5-8(9)14-11/h3-6,14H,13H2,1-2H3. The normalized spacial score (nSPS) is 11.4. The van der Waals surface area contributed by atoms with E-state index < -0.39 is 0 Å². The Morgan fingerprint density at radius 1 is 1.36 bits per heavy atom. The van der Waals surface area contributed by atoms with Crippen molar-refractivity contribution < 1.29 is 0 Å². The van der Waals surface area contributed by atoms with Gasteiger partial charge in [-0.3, -0.25) is 0 Å². The summed E-state index contributed by atoms with van der Waals surface area (Å²) in [7, 11) is 0. The number of nitrogens with two attached hydrogens (primary N) is 1. The third kappa shape index (κ3) is 1.26. The van der Waals surface area contributed by atoms with Crippen LogP contribution in [0.1, 0.15) is 25.5 Å². The zero-order valence-electron chi connectivity index (χ0n) is 8.26. The molecule has 0 unspecified atom stereocenters. The summed E-state index contributed by atoms with van der Waals surface area (Å²) in [6, 6.07) is 5.78. The summed E-state index contributed by atoms with van der Waals surface area (Å²) in [5.41, 5.74) is 8.67. The van der Waals surface area contributed by atoms with Gasteiger partial charge < -0.3 is 10.7 Å². The van der Waals surface area contributed by atoms with E-state index in [1.807, 2.05) is 18.2 Å². The first-order valence-corrected chi connectivity index (χ1v) is 5.04. The Bertz CT molecular complexity index is 471. The second kappa shape index (κ2) is 3.21. The van der Waals surface area contributed by atoms with Gasteiger partial charge in [-0.25, -0.2) is 0 Å². The molecule has 0 atom stereocenters. The van der Waals surface area contributed by atoms with Gasteiger partial charge in [0.2, 0.25) is 0 Å². The number of aromatic nitrogens is 1. The second-order valence-electron chi connectivity index (χ2n) is 3.78. The summed E-state index contributed by atoms with van der Waals surface area (Å²) in [5, 5.41) is 1.70. The number of fused-ring (bicyclic) bond motifs is 1. The van der Waals surface area contributed by atoms with Gasteiger partial charge in [-0.2, -0.15) is 0 Å². The van der Waals surface area contributed by atoms with E-state index in [-0.39, 0.29) is 0 Å². The van der Waals surface area contributed by atoms with Crippen LogP contribution >= 0.6 is 11.6 Å². The smallest absolute Gasteiger partial charge is 0.0715 e. The number of aromatic amines is 1. The van der Waals surface area contributed by atoms with E-state index in [0.717, 1.165) is 27.3 Å². The third-order valence-corrected chi connectivity index (χ3v) is 2.79. The lowest BCUT2D eigenvalue weighted by Gasteiger charge is -2.01. The number of nitrogens with one attached hydrogen (secondary N) is 1. The number of hydrogen-bond donors (Lipinski definition) is 2. The Kier molecular flexibility index (Phi) is 2.16. The molecule has 0 saturated heterocycles. The van der Waals surface area contributed by atoms with Crippen LogP contribution < -0.4 is 5.73 Å². The molecule has 0 fully saturated rings. The molecule has 14 heavy (non-hydrogen) atoms. The first-order chi connectivity index (χ1) is 6.61. The molecule has 2 aromatic rings. The largest absolute Gasteiger partial charge is 0.398 e. The van der Waals surface area contributed by atoms with Gasteiger partial charge in [-0.1, -0.05) is 31.5 Å². The van der Waals surface area contributed by atoms with Gasteiger partial charge in [0.05, 0.1) is 5.02 Å². The van der Waals surface area contributed by atoms with Crippen LogP contribution in [0.3, 0.4) is 0 Å². The molecule has 2 rings (SSSR count). The average molecular weight is 209 g/mol. The van der Waals surface area contributed by atoms with E-state index in [0.29, 0.717) is 5.92 Å². The number of anilines is 1. The van der Waals surface area contributed by atoms with Gasteiger partial charge in [0, 0.05) is 22.3 Å². The lowest BCUT2D eigenvalue weighted by Crippen LogP contribution is -1.87. The van der Waals surface area contributed by atoms with Crippen molar-refractivity contribution in [2.75, 3.05) is 5.73 Å². The average Bonchev–Trinajstić information content (AvgIpc) is 2.45. The van der Waals surface area contributed by atoms with Gasteiger partial charge in [-0.15, -0.1) is 0 Å². The SMILES string of the molecule is CC(C)c1[nH]c2cccc(N)c2c1Cl. The number of rotatable bonds is 1. The maximum absolute atomic E-state index is 6.25. The van der Waals surface area contributed by atoms with Crippen molar-refractivity contribution in [3.63, 3.8) is 0 Å². The molecule has 74 valence electrons. The van der Waals surface area contributed by atoms with E-state index in [4.69, 9.17) is 17.3 Å². The number of hydrogen-bond acceptors (Lipinski definition) is 1. The molecular formula is C11H13ClN2. The highest BCUT2D eigenvalue weighted by Crippen LogP contribution is 2.34. The van der Waals surface area contributed by atoms with Gasteiger partial charge in [0.1, 0.15) is 0 Å². The molecule has 1 aromatic carbocycles. The minimum absolute atomic E-state index is 0.384. The predicted molar refractivity (Wildman–Crippen MR) is 61.8 cm³/mol. The Labute approximate surface area is 88.1 Å². The van der Waals surface area contributed by atoms with E-state index in [1.54, 1.807) is 0 Å². The lowest BCUT2D eigenvalue weighted by atomic mass is 10.1. The zero-order chi connectivity index (χ0) is 10.3. The Balaban J connectivity index is 2.81. The molecule has 1 heterocycles. The highest BCUT2D eigenvalue weighted by atomic mass is 35.5. The third-order valence-electron chi connectivity index (χ3n) is 2.40. The van der Waals surface area contributed by atoms with Crippen LogP contribution in [0.5, 0.6) is 0 Å². The van der Waals surface area contributed by atoms with Crippen LogP contribution in [-0.2, 0) is 0 Å². The molecule has 0 spiro atoms. The predicted octanol–water partition coefficient (Wildman–Crippen LogP) is 3.53. The van der Waals surface area contributed by atoms with Gasteiger partial charge in [0.25, 0.3) is 0 Å². The fourth-order valence-electron chi connectivity index (χ4n) is 1.65. The minimum Gasteiger partial charge on any atom is -0.398 e. The summed E-state index contributed by atoms with van der Waals surface area (Å²) in [4.78, 5) is 3.29. The Morgan fingerprint density at radius 3 is 2.64 bits per heavy atom. The zero-order valence-corrected chi connectivity index (χ0v) is 9.02. The van der Waals surface area contributed by atoms with Crippen LogP contribution in [0.15, 0.2) is 18.2 Å². The summed E-state index contributed by atoms with van der Waals surface area (Å²) in [6.07, 6.45) is 0. The monoisotopic (exact) mass is 208 g/mol. The number of halogens is 1. The number of nitrogen functional groups attached to an aromatic ring is 1. The quantitative estimate of drug-likeness (QED) is 0.692. The van der Waals surface area contributed by atoms with Crippen molar-refractivity contribution >= 4 is 28.2 Å². The molecule has 0 aliphatic heterocycles. The number of benzene rings is 1. The van der Waals surface area contributed by atoms with E-state index in [1.165, 1.54) is 0 Å². The molecule has 0 amide bonds. The highest BCUT2D eigenvalue weighted by Gasteiger charge is 2.13. The van der Waals surface area contributed by atoms with Crippen molar-refractivity contribution in [3.8, 4) is 0 Å². The fraction of sp³-hybridized carbons (Fsp3) is 0.273. The van der Waals surface area contributed by atoms with Crippen LogP contribution in [-0.4, -0.2) is 4.98 Å². The maximum Gasteiger partial charge on any atom is 0.0715 e. The van der Waals surface area contributed by atoms with Crippen LogP contribution in [0.4, 0.5) is 5.69 Å². The van der Waals surface area contributed by atoms with Crippen molar-refractivity contribution in [2.24, 2.45) is 0 Å². The van der Waals surface area contributed by atoms with Gasteiger partial charge >= 0.3 is 0 Å². The van der Waals surface area contributed by atoms with Crippen molar-refractivity contribution in [1.29, 1.82) is 0 Å². The minimum atomic E-state index is 0.384. The summed E-state index contributed by atoms with van der Waals surface area (Å²) in [6.45, 7) is 4.21. The summed E-state index contributed by atoms with van der Waals surface area (Å²) >= 11 is 6.25. The molecule has 3 N–H and O–H groups in total. The van der Waals surface area contributed by atoms with Gasteiger partial charge in [0.15, 0.2) is 0 Å². The lowest BCUT2D eigenvalue weighted by molar-refractivity contribution is 0.837. The molecular weight excluding hydrogens is 196 g/mol. The van der Waals surface area contributed by atoms with E-state index >= 15 is 0 Å². The Morgan fingerprint density at radius 2 is 2.07 bits per heavy atom. The fourth-order valence-corrected chi connectivity index (χ4v) is 2.13. The highest BCUT2D eigenvalue weighted by molar-refractivity contribution is 6.37. The van der Waals surface area contributed by atoms with E-state index in [2.05, 4.69) is 18.8 Å². The molecule has 2 nitrogen and oxygen atoms in total. The van der Waals surface area contributed by atoms with E-state index in [9.17, 15) is 0 Å². The molecule has 0 bridgehead atoms. The topological polar surface area (TPSA) is 41.8 Å². The first-order valence-electron chi connectivity index (χ1n) is 4.67. The van der Waals surface area contributed by atoms with Gasteiger partial charge in [-0.05, 0) is 18.1 Å². The molecule has 3 heteroatoms. The van der Waals surface area contributed by atoms with Crippen molar-refractivity contribution in [3.05, 3.63) is 28.9 Å². The first kappa shape index (κ1) is 9.41. The number of H-pyrrole nitrogens is 1.